The zero-order chi connectivity index (χ0) is 12.4. The molecule has 0 fully saturated rings. The first kappa shape index (κ1) is 11.8. The van der Waals surface area contributed by atoms with E-state index in [0.29, 0.717) is 0 Å². The summed E-state index contributed by atoms with van der Waals surface area (Å²) in [7, 11) is 0. The Bertz CT molecular complexity index is 572. The number of hydrogen-bond acceptors (Lipinski definition) is 4. The number of nitrogens with zero attached hydrogens (tertiary/aromatic N) is 1. The van der Waals surface area contributed by atoms with Crippen LogP contribution in [0.15, 0.2) is 24.3 Å². The maximum absolute atomic E-state index is 12.9. The average Bonchev–Trinajstić information content (AvgIpc) is 2.59. The number of aromatic nitrogens is 1. The van der Waals surface area contributed by atoms with E-state index in [0.717, 1.165) is 17.4 Å². The van der Waals surface area contributed by atoms with E-state index in [1.54, 1.807) is 0 Å². The van der Waals surface area contributed by atoms with Crippen molar-refractivity contribution < 1.29 is 19.0 Å². The molecule has 7 heteroatoms. The lowest BCUT2D eigenvalue weighted by Gasteiger charge is -2.00. The summed E-state index contributed by atoms with van der Waals surface area (Å²) in [5.41, 5.74) is 0. The molecule has 1 heterocycles. The first-order valence-electron chi connectivity index (χ1n) is 4.39. The minimum Gasteiger partial charge on any atom is -0.477 e. The van der Waals surface area contributed by atoms with Crippen LogP contribution in [0.25, 0.3) is 0 Å². The fourth-order valence-corrected chi connectivity index (χ4v) is 2.08. The van der Waals surface area contributed by atoms with Gasteiger partial charge in [-0.3, -0.25) is 0 Å². The van der Waals surface area contributed by atoms with Crippen LogP contribution < -0.4 is 4.74 Å². The highest BCUT2D eigenvalue weighted by Gasteiger charge is 2.16. The summed E-state index contributed by atoms with van der Waals surface area (Å²) < 4.78 is 18.1. The second-order valence-electron chi connectivity index (χ2n) is 2.96. The molecule has 0 aliphatic heterocycles. The Morgan fingerprint density at radius 1 is 1.53 bits per heavy atom. The number of ether oxygens (including phenoxy) is 1. The van der Waals surface area contributed by atoms with Crippen LogP contribution in [0, 0.1) is 5.82 Å². The van der Waals surface area contributed by atoms with Gasteiger partial charge in [0, 0.05) is 6.07 Å². The molecule has 0 bridgehead atoms. The van der Waals surface area contributed by atoms with E-state index in [4.69, 9.17) is 21.4 Å². The SMILES string of the molecule is O=C(O)c1sc(Oc2cccc(F)c2)nc1Cl. The van der Waals surface area contributed by atoms with Crippen molar-refractivity contribution in [3.63, 3.8) is 0 Å². The second-order valence-corrected chi connectivity index (χ2v) is 4.28. The van der Waals surface area contributed by atoms with Crippen molar-refractivity contribution in [3.05, 3.63) is 40.1 Å². The molecule has 88 valence electrons. The third-order valence-corrected chi connectivity index (χ3v) is 3.07. The standard InChI is InChI=1S/C10H5ClFNO3S/c11-8-7(9(14)15)17-10(13-8)16-6-3-1-2-5(12)4-6/h1-4H,(H,14,15). The molecule has 1 aromatic heterocycles. The van der Waals surface area contributed by atoms with Crippen LogP contribution in [0.2, 0.25) is 5.15 Å². The summed E-state index contributed by atoms with van der Waals surface area (Å²) in [5.74, 6) is -1.41. The Kier molecular flexibility index (Phi) is 3.26. The Balaban J connectivity index is 2.25. The van der Waals surface area contributed by atoms with E-state index in [1.807, 2.05) is 0 Å². The summed E-state index contributed by atoms with van der Waals surface area (Å²) >= 11 is 6.38. The van der Waals surface area contributed by atoms with E-state index >= 15 is 0 Å². The van der Waals surface area contributed by atoms with Gasteiger partial charge in [-0.25, -0.2) is 9.18 Å². The van der Waals surface area contributed by atoms with Crippen molar-refractivity contribution in [2.75, 3.05) is 0 Å². The van der Waals surface area contributed by atoms with Gasteiger partial charge in [0.25, 0.3) is 5.19 Å². The van der Waals surface area contributed by atoms with Crippen molar-refractivity contribution in [1.29, 1.82) is 0 Å². The quantitative estimate of drug-likeness (QED) is 0.931. The molecule has 17 heavy (non-hydrogen) atoms. The van der Waals surface area contributed by atoms with Crippen LogP contribution >= 0.6 is 22.9 Å². The molecule has 0 unspecified atom stereocenters. The largest absolute Gasteiger partial charge is 0.477 e. The van der Waals surface area contributed by atoms with Gasteiger partial charge in [-0.2, -0.15) is 4.98 Å². The minimum atomic E-state index is -1.18. The molecule has 1 aromatic carbocycles. The molecule has 2 aromatic rings. The number of carbonyl (C=O) groups is 1. The summed E-state index contributed by atoms with van der Waals surface area (Å²) in [4.78, 5) is 14.3. The van der Waals surface area contributed by atoms with Gasteiger partial charge in [0.2, 0.25) is 0 Å². The Labute approximate surface area is 104 Å². The van der Waals surface area contributed by atoms with Crippen molar-refractivity contribution in [1.82, 2.24) is 4.98 Å². The van der Waals surface area contributed by atoms with Crippen molar-refractivity contribution in [2.24, 2.45) is 0 Å². The summed E-state index contributed by atoms with van der Waals surface area (Å²) in [5, 5.41) is 8.67. The van der Waals surface area contributed by atoms with E-state index in [-0.39, 0.29) is 21.0 Å². The number of halogens is 2. The van der Waals surface area contributed by atoms with Gasteiger partial charge in [0.05, 0.1) is 0 Å². The smallest absolute Gasteiger partial charge is 0.349 e. The van der Waals surface area contributed by atoms with Crippen LogP contribution in [0.4, 0.5) is 4.39 Å². The zero-order valence-corrected chi connectivity index (χ0v) is 9.76. The number of hydrogen-bond donors (Lipinski definition) is 1. The molecule has 4 nitrogen and oxygen atoms in total. The molecule has 0 aliphatic carbocycles. The highest BCUT2D eigenvalue weighted by Crippen LogP contribution is 2.32. The van der Waals surface area contributed by atoms with Crippen molar-refractivity contribution in [3.8, 4) is 10.9 Å². The van der Waals surface area contributed by atoms with Gasteiger partial charge < -0.3 is 9.84 Å². The predicted molar refractivity (Wildman–Crippen MR) is 60.6 cm³/mol. The van der Waals surface area contributed by atoms with Crippen LogP contribution in [0.3, 0.4) is 0 Å². The van der Waals surface area contributed by atoms with E-state index in [9.17, 15) is 9.18 Å². The third-order valence-electron chi connectivity index (χ3n) is 1.76. The third kappa shape index (κ3) is 2.72. The summed E-state index contributed by atoms with van der Waals surface area (Å²) in [6.07, 6.45) is 0. The molecular formula is C10H5ClFNO3S. The van der Waals surface area contributed by atoms with Gasteiger partial charge in [0.1, 0.15) is 11.6 Å². The number of carboxylic acid groups (broad SMARTS) is 1. The molecular weight excluding hydrogens is 269 g/mol. The van der Waals surface area contributed by atoms with Crippen LogP contribution in [0.5, 0.6) is 10.9 Å². The Morgan fingerprint density at radius 2 is 2.29 bits per heavy atom. The Hall–Kier alpha value is -1.66. The molecule has 1 N–H and O–H groups in total. The van der Waals surface area contributed by atoms with Gasteiger partial charge in [0.15, 0.2) is 10.0 Å². The monoisotopic (exact) mass is 273 g/mol. The average molecular weight is 274 g/mol. The first-order valence-corrected chi connectivity index (χ1v) is 5.59. The molecule has 0 saturated carbocycles. The topological polar surface area (TPSA) is 59.4 Å². The Morgan fingerprint density at radius 3 is 2.88 bits per heavy atom. The molecule has 0 amide bonds. The molecule has 2 rings (SSSR count). The van der Waals surface area contributed by atoms with Crippen molar-refractivity contribution >= 4 is 28.9 Å². The van der Waals surface area contributed by atoms with E-state index in [2.05, 4.69) is 4.98 Å². The van der Waals surface area contributed by atoms with E-state index < -0.39 is 11.8 Å². The molecule has 0 aliphatic rings. The number of benzene rings is 1. The number of aromatic carboxylic acids is 1. The number of thiazole rings is 1. The van der Waals surface area contributed by atoms with Gasteiger partial charge in [-0.15, -0.1) is 0 Å². The lowest BCUT2D eigenvalue weighted by atomic mass is 10.3. The van der Waals surface area contributed by atoms with Gasteiger partial charge >= 0.3 is 5.97 Å². The molecule has 0 spiro atoms. The second kappa shape index (κ2) is 4.68. The van der Waals surface area contributed by atoms with Crippen LogP contribution in [0.1, 0.15) is 9.67 Å². The highest BCUT2D eigenvalue weighted by atomic mass is 35.5. The summed E-state index contributed by atoms with van der Waals surface area (Å²) in [6, 6.07) is 5.43. The minimum absolute atomic E-state index is 0.0537. The van der Waals surface area contributed by atoms with Crippen LogP contribution in [-0.2, 0) is 0 Å². The van der Waals surface area contributed by atoms with Crippen LogP contribution in [-0.4, -0.2) is 16.1 Å². The fourth-order valence-electron chi connectivity index (χ4n) is 1.09. The first-order chi connectivity index (χ1) is 8.06. The number of rotatable bonds is 3. The maximum Gasteiger partial charge on any atom is 0.349 e. The lowest BCUT2D eigenvalue weighted by molar-refractivity contribution is 0.0702. The zero-order valence-electron chi connectivity index (χ0n) is 8.18. The predicted octanol–water partition coefficient (Wildman–Crippen LogP) is 3.43. The fraction of sp³-hybridized carbons (Fsp3) is 0. The van der Waals surface area contributed by atoms with Gasteiger partial charge in [-0.1, -0.05) is 29.0 Å². The highest BCUT2D eigenvalue weighted by molar-refractivity contribution is 7.15. The molecule has 0 radical (unpaired) electrons. The summed E-state index contributed by atoms with van der Waals surface area (Å²) in [6.45, 7) is 0. The maximum atomic E-state index is 12.9. The number of carboxylic acids is 1. The normalized spacial score (nSPS) is 10.2. The van der Waals surface area contributed by atoms with E-state index in [1.165, 1.54) is 18.2 Å². The van der Waals surface area contributed by atoms with Crippen molar-refractivity contribution in [2.45, 2.75) is 0 Å². The molecule has 0 atom stereocenters. The lowest BCUT2D eigenvalue weighted by Crippen LogP contribution is -1.91. The van der Waals surface area contributed by atoms with Gasteiger partial charge in [-0.05, 0) is 12.1 Å². The molecule has 0 saturated heterocycles.